The molecule has 2 aliphatic rings. The Bertz CT molecular complexity index is 403. The smallest absolute Gasteiger partial charge is 0.00940 e. The summed E-state index contributed by atoms with van der Waals surface area (Å²) in [5, 5.41) is 3.91. The molecule has 0 amide bonds. The van der Waals surface area contributed by atoms with E-state index in [1.165, 1.54) is 63.7 Å². The van der Waals surface area contributed by atoms with Gasteiger partial charge in [-0.3, -0.25) is 0 Å². The van der Waals surface area contributed by atoms with E-state index in [1.807, 2.05) is 0 Å². The third-order valence-corrected chi connectivity index (χ3v) is 5.30. The highest BCUT2D eigenvalue weighted by molar-refractivity contribution is 5.22. The number of nitrogens with zero attached hydrogens (tertiary/aromatic N) is 1. The quantitative estimate of drug-likeness (QED) is 0.856. The lowest BCUT2D eigenvalue weighted by Crippen LogP contribution is -2.50. The van der Waals surface area contributed by atoms with Crippen LogP contribution < -0.4 is 5.32 Å². The van der Waals surface area contributed by atoms with Crippen molar-refractivity contribution in [3.63, 3.8) is 0 Å². The van der Waals surface area contributed by atoms with Crippen molar-refractivity contribution in [2.75, 3.05) is 19.6 Å². The second-order valence-corrected chi connectivity index (χ2v) is 6.91. The number of piperidine rings is 1. The summed E-state index contributed by atoms with van der Waals surface area (Å²) in [7, 11) is 0. The average Bonchev–Trinajstić information content (AvgIpc) is 2.50. The molecule has 0 aromatic heterocycles. The Morgan fingerprint density at radius 1 is 1.05 bits per heavy atom. The first-order valence-corrected chi connectivity index (χ1v) is 8.88. The van der Waals surface area contributed by atoms with E-state index >= 15 is 0 Å². The standard InChI is InChI=1S/C19H30N2/c1-2-3-11-21-12-9-18(10-13-21)20-19-14-17(15-19)16-7-5-4-6-8-16/h4-8,17-20H,2-3,9-15H2,1H3. The first kappa shape index (κ1) is 15.1. The summed E-state index contributed by atoms with van der Waals surface area (Å²) in [6, 6.07) is 12.6. The SMILES string of the molecule is CCCCN1CCC(NC2CC(c3ccccc3)C2)CC1. The molecule has 0 unspecified atom stereocenters. The molecular formula is C19H30N2. The Kier molecular flexibility index (Phi) is 5.32. The topological polar surface area (TPSA) is 15.3 Å². The Labute approximate surface area is 129 Å². The van der Waals surface area contributed by atoms with Gasteiger partial charge in [0.05, 0.1) is 0 Å². The summed E-state index contributed by atoms with van der Waals surface area (Å²) in [6.07, 6.45) is 8.03. The number of hydrogen-bond donors (Lipinski definition) is 1. The van der Waals surface area contributed by atoms with Crippen LogP contribution in [0.15, 0.2) is 30.3 Å². The van der Waals surface area contributed by atoms with Crippen LogP contribution in [0.5, 0.6) is 0 Å². The maximum atomic E-state index is 3.91. The average molecular weight is 286 g/mol. The van der Waals surface area contributed by atoms with E-state index in [4.69, 9.17) is 0 Å². The first-order valence-electron chi connectivity index (χ1n) is 8.88. The number of nitrogens with one attached hydrogen (secondary N) is 1. The number of likely N-dealkylation sites (tertiary alicyclic amines) is 1. The lowest BCUT2D eigenvalue weighted by molar-refractivity contribution is 0.169. The molecule has 1 aromatic rings. The van der Waals surface area contributed by atoms with Crippen molar-refractivity contribution in [1.82, 2.24) is 10.2 Å². The molecule has 1 saturated carbocycles. The molecule has 116 valence electrons. The molecule has 1 aliphatic carbocycles. The van der Waals surface area contributed by atoms with E-state index < -0.39 is 0 Å². The number of hydrogen-bond acceptors (Lipinski definition) is 2. The van der Waals surface area contributed by atoms with Crippen LogP contribution in [0.1, 0.15) is 56.9 Å². The van der Waals surface area contributed by atoms with Gasteiger partial charge in [0.2, 0.25) is 0 Å². The first-order chi connectivity index (χ1) is 10.3. The highest BCUT2D eigenvalue weighted by atomic mass is 15.1. The van der Waals surface area contributed by atoms with Gasteiger partial charge in [0.1, 0.15) is 0 Å². The largest absolute Gasteiger partial charge is 0.311 e. The highest BCUT2D eigenvalue weighted by Gasteiger charge is 2.32. The fourth-order valence-corrected chi connectivity index (χ4v) is 3.79. The zero-order chi connectivity index (χ0) is 14.5. The van der Waals surface area contributed by atoms with Gasteiger partial charge < -0.3 is 10.2 Å². The number of unbranched alkanes of at least 4 members (excludes halogenated alkanes) is 1. The fourth-order valence-electron chi connectivity index (χ4n) is 3.79. The van der Waals surface area contributed by atoms with Crippen LogP contribution >= 0.6 is 0 Å². The van der Waals surface area contributed by atoms with Crippen LogP contribution in [0, 0.1) is 0 Å². The van der Waals surface area contributed by atoms with Gasteiger partial charge in [0, 0.05) is 12.1 Å². The van der Waals surface area contributed by atoms with Gasteiger partial charge in [0.25, 0.3) is 0 Å². The van der Waals surface area contributed by atoms with Gasteiger partial charge in [-0.15, -0.1) is 0 Å². The summed E-state index contributed by atoms with van der Waals surface area (Å²) in [6.45, 7) is 6.19. The van der Waals surface area contributed by atoms with Gasteiger partial charge in [-0.2, -0.15) is 0 Å². The molecule has 1 saturated heterocycles. The third kappa shape index (κ3) is 4.08. The summed E-state index contributed by atoms with van der Waals surface area (Å²) >= 11 is 0. The molecule has 0 atom stereocenters. The lowest BCUT2D eigenvalue weighted by atomic mass is 9.75. The molecule has 1 aromatic carbocycles. The zero-order valence-electron chi connectivity index (χ0n) is 13.4. The Morgan fingerprint density at radius 2 is 1.76 bits per heavy atom. The molecule has 0 spiro atoms. The maximum absolute atomic E-state index is 3.91. The van der Waals surface area contributed by atoms with Crippen LogP contribution in [0.4, 0.5) is 0 Å². The Hall–Kier alpha value is -0.860. The number of benzene rings is 1. The van der Waals surface area contributed by atoms with Crippen molar-refractivity contribution in [2.24, 2.45) is 0 Å². The highest BCUT2D eigenvalue weighted by Crippen LogP contribution is 2.37. The van der Waals surface area contributed by atoms with E-state index in [-0.39, 0.29) is 0 Å². The van der Waals surface area contributed by atoms with Crippen molar-refractivity contribution in [2.45, 2.75) is 63.5 Å². The molecular weight excluding hydrogens is 256 g/mol. The van der Waals surface area contributed by atoms with Crippen molar-refractivity contribution >= 4 is 0 Å². The van der Waals surface area contributed by atoms with Crippen molar-refractivity contribution in [1.29, 1.82) is 0 Å². The molecule has 0 radical (unpaired) electrons. The van der Waals surface area contributed by atoms with Crippen molar-refractivity contribution in [3.8, 4) is 0 Å². The predicted octanol–water partition coefficient (Wildman–Crippen LogP) is 3.79. The van der Waals surface area contributed by atoms with Gasteiger partial charge in [-0.1, -0.05) is 43.7 Å². The molecule has 1 N–H and O–H groups in total. The molecule has 2 nitrogen and oxygen atoms in total. The number of rotatable bonds is 6. The minimum Gasteiger partial charge on any atom is -0.311 e. The molecule has 0 bridgehead atoms. The molecule has 1 aliphatic heterocycles. The van der Waals surface area contributed by atoms with E-state index in [0.29, 0.717) is 0 Å². The summed E-state index contributed by atoms with van der Waals surface area (Å²) in [5.74, 6) is 0.799. The third-order valence-electron chi connectivity index (χ3n) is 5.30. The van der Waals surface area contributed by atoms with Crippen molar-refractivity contribution in [3.05, 3.63) is 35.9 Å². The van der Waals surface area contributed by atoms with E-state index in [2.05, 4.69) is 47.5 Å². The molecule has 1 heterocycles. The van der Waals surface area contributed by atoms with Gasteiger partial charge in [-0.25, -0.2) is 0 Å². The second-order valence-electron chi connectivity index (χ2n) is 6.91. The molecule has 21 heavy (non-hydrogen) atoms. The van der Waals surface area contributed by atoms with Gasteiger partial charge in [-0.05, 0) is 63.2 Å². The fraction of sp³-hybridized carbons (Fsp3) is 0.684. The minimum absolute atomic E-state index is 0.766. The van der Waals surface area contributed by atoms with E-state index in [9.17, 15) is 0 Å². The van der Waals surface area contributed by atoms with E-state index in [1.54, 1.807) is 0 Å². The maximum Gasteiger partial charge on any atom is 0.00940 e. The Morgan fingerprint density at radius 3 is 2.43 bits per heavy atom. The molecule has 3 rings (SSSR count). The summed E-state index contributed by atoms with van der Waals surface area (Å²) in [4.78, 5) is 2.65. The predicted molar refractivity (Wildman–Crippen MR) is 89.7 cm³/mol. The van der Waals surface area contributed by atoms with Crippen molar-refractivity contribution < 1.29 is 0 Å². The Balaban J connectivity index is 1.34. The summed E-state index contributed by atoms with van der Waals surface area (Å²) < 4.78 is 0. The van der Waals surface area contributed by atoms with Crippen LogP contribution in [-0.4, -0.2) is 36.6 Å². The monoisotopic (exact) mass is 286 g/mol. The van der Waals surface area contributed by atoms with Gasteiger partial charge >= 0.3 is 0 Å². The lowest BCUT2D eigenvalue weighted by Gasteiger charge is -2.41. The normalized spacial score (nSPS) is 27.5. The van der Waals surface area contributed by atoms with Gasteiger partial charge in [0.15, 0.2) is 0 Å². The van der Waals surface area contributed by atoms with Crippen LogP contribution in [-0.2, 0) is 0 Å². The minimum atomic E-state index is 0.766. The summed E-state index contributed by atoms with van der Waals surface area (Å²) in [5.41, 5.74) is 1.53. The van der Waals surface area contributed by atoms with Crippen LogP contribution in [0.3, 0.4) is 0 Å². The van der Waals surface area contributed by atoms with Crippen LogP contribution in [0.2, 0.25) is 0 Å². The molecule has 2 heteroatoms. The van der Waals surface area contributed by atoms with E-state index in [0.717, 1.165) is 18.0 Å². The van der Waals surface area contributed by atoms with Crippen LogP contribution in [0.25, 0.3) is 0 Å². The second kappa shape index (κ2) is 7.42. The zero-order valence-corrected chi connectivity index (χ0v) is 13.4. The molecule has 2 fully saturated rings.